The molecule has 1 aromatic carbocycles. The first-order valence-corrected chi connectivity index (χ1v) is 9.72. The summed E-state index contributed by atoms with van der Waals surface area (Å²) < 4.78 is 5.62. The highest BCUT2D eigenvalue weighted by atomic mass is 16.5. The molecule has 2 aliphatic rings. The van der Waals surface area contributed by atoms with E-state index in [1.165, 1.54) is 12.8 Å². The van der Waals surface area contributed by atoms with Crippen LogP contribution in [0.15, 0.2) is 24.3 Å². The maximum atomic E-state index is 12.6. The second-order valence-electron chi connectivity index (χ2n) is 7.50. The van der Waals surface area contributed by atoms with E-state index in [0.29, 0.717) is 26.1 Å². The van der Waals surface area contributed by atoms with Gasteiger partial charge in [-0.3, -0.25) is 9.69 Å². The molecule has 2 aliphatic heterocycles. The van der Waals surface area contributed by atoms with Crippen LogP contribution in [0.4, 0.5) is 10.5 Å². The molecule has 2 heterocycles. The fourth-order valence-electron chi connectivity index (χ4n) is 3.77. The highest BCUT2D eigenvalue weighted by Crippen LogP contribution is 2.20. The summed E-state index contributed by atoms with van der Waals surface area (Å²) in [7, 11) is 3.50. The van der Waals surface area contributed by atoms with Gasteiger partial charge in [-0.25, -0.2) is 4.79 Å². The van der Waals surface area contributed by atoms with Crippen LogP contribution >= 0.6 is 0 Å². The number of ether oxygens (including phenoxy) is 1. The van der Waals surface area contributed by atoms with Crippen molar-refractivity contribution in [2.24, 2.45) is 0 Å². The van der Waals surface area contributed by atoms with E-state index >= 15 is 0 Å². The second-order valence-corrected chi connectivity index (χ2v) is 7.50. The standard InChI is InChI=1S/C20H30N4O3/c1-23(2)19(25)10-9-15-7-3-4-8-16(15)21-20(26)22-17-13-27-14-18(17)24-11-5-6-12-24/h3-4,7-8,17-18H,5-6,9-14H2,1-2H3,(H2,21,22,26)/t17-,18-/m0/s1. The van der Waals surface area contributed by atoms with E-state index in [-0.39, 0.29) is 24.0 Å². The van der Waals surface area contributed by atoms with Crippen molar-refractivity contribution < 1.29 is 14.3 Å². The SMILES string of the molecule is CN(C)C(=O)CCc1ccccc1NC(=O)N[C@H]1COC[C@@H]1N1CCCC1. The Bertz CT molecular complexity index is 658. The van der Waals surface area contributed by atoms with Gasteiger partial charge in [0, 0.05) is 26.2 Å². The third-order valence-electron chi connectivity index (χ3n) is 5.35. The predicted molar refractivity (Wildman–Crippen MR) is 105 cm³/mol. The molecular formula is C20H30N4O3. The van der Waals surface area contributed by atoms with E-state index in [1.807, 2.05) is 24.3 Å². The van der Waals surface area contributed by atoms with Gasteiger partial charge >= 0.3 is 6.03 Å². The molecule has 7 nitrogen and oxygen atoms in total. The van der Waals surface area contributed by atoms with E-state index in [0.717, 1.165) is 24.3 Å². The number of anilines is 1. The molecule has 0 saturated carbocycles. The van der Waals surface area contributed by atoms with Gasteiger partial charge in [-0.15, -0.1) is 0 Å². The molecule has 0 aliphatic carbocycles. The van der Waals surface area contributed by atoms with Gasteiger partial charge in [-0.2, -0.15) is 0 Å². The normalized spacial score (nSPS) is 22.6. The van der Waals surface area contributed by atoms with Gasteiger partial charge in [0.2, 0.25) is 5.91 Å². The average Bonchev–Trinajstić information content (AvgIpc) is 3.31. The Morgan fingerprint density at radius 1 is 1.19 bits per heavy atom. The van der Waals surface area contributed by atoms with Crippen molar-refractivity contribution in [2.45, 2.75) is 37.8 Å². The second kappa shape index (κ2) is 9.19. The van der Waals surface area contributed by atoms with Gasteiger partial charge < -0.3 is 20.3 Å². The molecule has 0 spiro atoms. The Hall–Kier alpha value is -2.12. The maximum Gasteiger partial charge on any atom is 0.319 e. The van der Waals surface area contributed by atoms with Crippen LogP contribution in [-0.2, 0) is 16.0 Å². The van der Waals surface area contributed by atoms with Crippen molar-refractivity contribution in [3.05, 3.63) is 29.8 Å². The van der Waals surface area contributed by atoms with Crippen LogP contribution in [-0.4, -0.2) is 74.2 Å². The van der Waals surface area contributed by atoms with Crippen LogP contribution in [0.3, 0.4) is 0 Å². The number of carbonyl (C=O) groups is 2. The van der Waals surface area contributed by atoms with E-state index in [1.54, 1.807) is 19.0 Å². The lowest BCUT2D eigenvalue weighted by Crippen LogP contribution is -2.51. The first-order chi connectivity index (χ1) is 13.0. The predicted octanol–water partition coefficient (Wildman–Crippen LogP) is 1.69. The van der Waals surface area contributed by atoms with Gasteiger partial charge in [0.25, 0.3) is 0 Å². The van der Waals surface area contributed by atoms with Crippen LogP contribution in [0.1, 0.15) is 24.8 Å². The minimum absolute atomic E-state index is 0.00517. The van der Waals surface area contributed by atoms with Gasteiger partial charge in [0.05, 0.1) is 25.3 Å². The van der Waals surface area contributed by atoms with Crippen LogP contribution in [0.5, 0.6) is 0 Å². The van der Waals surface area contributed by atoms with Gasteiger partial charge in [-0.1, -0.05) is 18.2 Å². The molecule has 7 heteroatoms. The van der Waals surface area contributed by atoms with E-state index in [2.05, 4.69) is 15.5 Å². The molecule has 27 heavy (non-hydrogen) atoms. The Morgan fingerprint density at radius 2 is 1.93 bits per heavy atom. The van der Waals surface area contributed by atoms with Crippen molar-refractivity contribution >= 4 is 17.6 Å². The molecule has 148 valence electrons. The minimum atomic E-state index is -0.221. The van der Waals surface area contributed by atoms with Gasteiger partial charge in [0.15, 0.2) is 0 Å². The Balaban J connectivity index is 1.56. The third-order valence-corrected chi connectivity index (χ3v) is 5.35. The summed E-state index contributed by atoms with van der Waals surface area (Å²) in [6.45, 7) is 3.38. The average molecular weight is 374 g/mol. The number of hydrogen-bond donors (Lipinski definition) is 2. The third kappa shape index (κ3) is 5.20. The van der Waals surface area contributed by atoms with Gasteiger partial charge in [-0.05, 0) is 44.0 Å². The summed E-state index contributed by atoms with van der Waals surface area (Å²) in [6.07, 6.45) is 3.44. The maximum absolute atomic E-state index is 12.6. The number of nitrogens with zero attached hydrogens (tertiary/aromatic N) is 2. The van der Waals surface area contributed by atoms with E-state index < -0.39 is 0 Å². The van der Waals surface area contributed by atoms with Crippen molar-refractivity contribution in [3.63, 3.8) is 0 Å². The van der Waals surface area contributed by atoms with Crippen LogP contribution in [0.25, 0.3) is 0 Å². The summed E-state index contributed by atoms with van der Waals surface area (Å²) >= 11 is 0. The number of likely N-dealkylation sites (tertiary alicyclic amines) is 1. The summed E-state index contributed by atoms with van der Waals surface area (Å²) in [5, 5.41) is 6.03. The molecule has 2 fully saturated rings. The molecule has 2 atom stereocenters. The molecule has 0 bridgehead atoms. The first-order valence-electron chi connectivity index (χ1n) is 9.72. The van der Waals surface area contributed by atoms with Crippen LogP contribution < -0.4 is 10.6 Å². The number of para-hydroxylation sites is 1. The summed E-state index contributed by atoms with van der Waals surface area (Å²) in [5.74, 6) is 0.0748. The zero-order chi connectivity index (χ0) is 19.2. The number of hydrogen-bond acceptors (Lipinski definition) is 4. The summed E-state index contributed by atoms with van der Waals surface area (Å²) in [5.41, 5.74) is 1.71. The lowest BCUT2D eigenvalue weighted by atomic mass is 10.1. The Labute approximate surface area is 161 Å². The molecular weight excluding hydrogens is 344 g/mol. The molecule has 2 N–H and O–H groups in total. The monoisotopic (exact) mass is 374 g/mol. The zero-order valence-corrected chi connectivity index (χ0v) is 16.2. The van der Waals surface area contributed by atoms with Crippen molar-refractivity contribution in [2.75, 3.05) is 45.7 Å². The molecule has 0 radical (unpaired) electrons. The number of urea groups is 1. The van der Waals surface area contributed by atoms with Crippen LogP contribution in [0.2, 0.25) is 0 Å². The van der Waals surface area contributed by atoms with Gasteiger partial charge in [0.1, 0.15) is 0 Å². The molecule has 3 amide bonds. The summed E-state index contributed by atoms with van der Waals surface area (Å²) in [6, 6.07) is 7.67. The fraction of sp³-hybridized carbons (Fsp3) is 0.600. The first kappa shape index (κ1) is 19.6. The highest BCUT2D eigenvalue weighted by Gasteiger charge is 2.35. The van der Waals surface area contributed by atoms with E-state index in [9.17, 15) is 9.59 Å². The van der Waals surface area contributed by atoms with Crippen molar-refractivity contribution in [1.82, 2.24) is 15.1 Å². The highest BCUT2D eigenvalue weighted by molar-refractivity contribution is 5.90. The molecule has 1 aromatic rings. The van der Waals surface area contributed by atoms with Crippen molar-refractivity contribution in [1.29, 1.82) is 0 Å². The topological polar surface area (TPSA) is 73.9 Å². The number of rotatable bonds is 6. The number of nitrogens with one attached hydrogen (secondary N) is 2. The molecule has 2 saturated heterocycles. The van der Waals surface area contributed by atoms with Crippen molar-refractivity contribution in [3.8, 4) is 0 Å². The molecule has 3 rings (SSSR count). The Kier molecular flexibility index (Phi) is 6.68. The lowest BCUT2D eigenvalue weighted by Gasteiger charge is -2.28. The van der Waals surface area contributed by atoms with E-state index in [4.69, 9.17) is 4.74 Å². The minimum Gasteiger partial charge on any atom is -0.378 e. The molecule has 0 unspecified atom stereocenters. The zero-order valence-electron chi connectivity index (χ0n) is 16.2. The lowest BCUT2D eigenvalue weighted by molar-refractivity contribution is -0.128. The largest absolute Gasteiger partial charge is 0.378 e. The number of amides is 3. The smallest absolute Gasteiger partial charge is 0.319 e. The molecule has 0 aromatic heterocycles. The number of carbonyl (C=O) groups excluding carboxylic acids is 2. The number of benzene rings is 1. The van der Waals surface area contributed by atoms with Crippen LogP contribution in [0, 0.1) is 0 Å². The quantitative estimate of drug-likeness (QED) is 0.795. The number of aryl methyl sites for hydroxylation is 1. The Morgan fingerprint density at radius 3 is 2.67 bits per heavy atom. The fourth-order valence-corrected chi connectivity index (χ4v) is 3.77. The summed E-state index contributed by atoms with van der Waals surface area (Å²) in [4.78, 5) is 28.4.